The number of nitrogens with zero attached hydrogens (tertiary/aromatic N) is 2. The van der Waals surface area contributed by atoms with Crippen molar-refractivity contribution in [2.24, 2.45) is 0 Å². The lowest BCUT2D eigenvalue weighted by Gasteiger charge is -2.33. The molecule has 5 nitrogen and oxygen atoms in total. The van der Waals surface area contributed by atoms with Gasteiger partial charge in [-0.2, -0.15) is 13.2 Å². The van der Waals surface area contributed by atoms with Gasteiger partial charge < -0.3 is 4.74 Å². The highest BCUT2D eigenvalue weighted by Crippen LogP contribution is 2.31. The molecule has 1 unspecified atom stereocenters. The van der Waals surface area contributed by atoms with Crippen LogP contribution in [0, 0.1) is 0 Å². The molecule has 3 rings (SSSR count). The van der Waals surface area contributed by atoms with E-state index in [9.17, 15) is 22.8 Å². The summed E-state index contributed by atoms with van der Waals surface area (Å²) in [4.78, 5) is 31.2. The van der Waals surface area contributed by atoms with Crippen LogP contribution in [-0.4, -0.2) is 29.0 Å². The highest BCUT2D eigenvalue weighted by molar-refractivity contribution is 7.13. The normalized spacial score (nSPS) is 16.3. The first-order valence-corrected chi connectivity index (χ1v) is 10.3. The van der Waals surface area contributed by atoms with E-state index in [-0.39, 0.29) is 17.5 Å². The van der Waals surface area contributed by atoms with Crippen LogP contribution in [0.2, 0.25) is 0 Å². The quantitative estimate of drug-likeness (QED) is 0.626. The van der Waals surface area contributed by atoms with Crippen molar-refractivity contribution in [3.63, 3.8) is 0 Å². The lowest BCUT2D eigenvalue weighted by Crippen LogP contribution is -2.47. The number of carbonyl (C=O) groups excluding carboxylic acids is 2. The van der Waals surface area contributed by atoms with Crippen LogP contribution in [0.4, 0.5) is 18.3 Å². The molecule has 1 atom stereocenters. The van der Waals surface area contributed by atoms with E-state index in [0.29, 0.717) is 5.13 Å². The Kier molecular flexibility index (Phi) is 6.56. The predicted molar refractivity (Wildman–Crippen MR) is 103 cm³/mol. The van der Waals surface area contributed by atoms with Crippen molar-refractivity contribution in [2.45, 2.75) is 57.3 Å². The third kappa shape index (κ3) is 5.14. The number of aromatic nitrogens is 1. The number of benzene rings is 1. The molecule has 1 heterocycles. The molecular weight excluding hydrogens is 405 g/mol. The second kappa shape index (κ2) is 8.94. The van der Waals surface area contributed by atoms with E-state index >= 15 is 0 Å². The molecule has 0 spiro atoms. The number of rotatable bonds is 5. The molecule has 0 aliphatic heterocycles. The zero-order valence-electron chi connectivity index (χ0n) is 15.8. The van der Waals surface area contributed by atoms with Gasteiger partial charge in [0.2, 0.25) is 0 Å². The molecule has 1 aliphatic carbocycles. The summed E-state index contributed by atoms with van der Waals surface area (Å²) in [6, 6.07) is 3.71. The predicted octanol–water partition coefficient (Wildman–Crippen LogP) is 5.07. The number of hydrogen-bond donors (Lipinski definition) is 0. The summed E-state index contributed by atoms with van der Waals surface area (Å²) in [6.45, 7) is 1.47. The van der Waals surface area contributed by atoms with Crippen LogP contribution in [0.1, 0.15) is 54.9 Å². The number of ether oxygens (including phenoxy) is 1. The van der Waals surface area contributed by atoms with Crippen molar-refractivity contribution in [3.8, 4) is 0 Å². The summed E-state index contributed by atoms with van der Waals surface area (Å²) >= 11 is 1.34. The Bertz CT molecular complexity index is 832. The van der Waals surface area contributed by atoms with Crippen molar-refractivity contribution >= 4 is 28.3 Å². The second-order valence-corrected chi connectivity index (χ2v) is 7.81. The monoisotopic (exact) mass is 426 g/mol. The second-order valence-electron chi connectivity index (χ2n) is 6.94. The maximum atomic E-state index is 13.1. The van der Waals surface area contributed by atoms with Crippen LogP contribution >= 0.6 is 11.3 Å². The number of thiazole rings is 1. The highest BCUT2D eigenvalue weighted by Gasteiger charge is 2.34. The van der Waals surface area contributed by atoms with Gasteiger partial charge >= 0.3 is 12.1 Å². The fourth-order valence-corrected chi connectivity index (χ4v) is 4.09. The Morgan fingerprint density at radius 2 is 1.83 bits per heavy atom. The molecule has 1 fully saturated rings. The number of amides is 1. The standard InChI is InChI=1S/C20H21F3N2O3S/c1-13(28-18(27)14-7-9-15(10-8-14)20(21,22)23)17(26)25(19-24-11-12-29-19)16-5-3-2-4-6-16/h7-13,16H,2-6H2,1H3. The van der Waals surface area contributed by atoms with Crippen LogP contribution < -0.4 is 4.90 Å². The van der Waals surface area contributed by atoms with Crippen molar-refractivity contribution in [1.82, 2.24) is 4.98 Å². The molecule has 0 radical (unpaired) electrons. The van der Waals surface area contributed by atoms with E-state index in [1.54, 1.807) is 16.5 Å². The Morgan fingerprint density at radius 1 is 1.17 bits per heavy atom. The first-order valence-electron chi connectivity index (χ1n) is 9.38. The van der Waals surface area contributed by atoms with Gasteiger partial charge in [-0.25, -0.2) is 9.78 Å². The smallest absolute Gasteiger partial charge is 0.416 e. The van der Waals surface area contributed by atoms with Gasteiger partial charge in [0.15, 0.2) is 11.2 Å². The SMILES string of the molecule is CC(OC(=O)c1ccc(C(F)(F)F)cc1)C(=O)N(c1nccs1)C1CCCCC1. The van der Waals surface area contributed by atoms with Crippen LogP contribution in [0.3, 0.4) is 0 Å². The van der Waals surface area contributed by atoms with Gasteiger partial charge in [0.25, 0.3) is 5.91 Å². The number of anilines is 1. The molecule has 1 saturated carbocycles. The minimum Gasteiger partial charge on any atom is -0.449 e. The summed E-state index contributed by atoms with van der Waals surface area (Å²) in [5, 5.41) is 2.33. The largest absolute Gasteiger partial charge is 0.449 e. The molecule has 1 aromatic carbocycles. The zero-order valence-corrected chi connectivity index (χ0v) is 16.6. The van der Waals surface area contributed by atoms with Crippen LogP contribution in [0.15, 0.2) is 35.8 Å². The lowest BCUT2D eigenvalue weighted by atomic mass is 9.94. The first-order chi connectivity index (χ1) is 13.8. The molecule has 29 heavy (non-hydrogen) atoms. The van der Waals surface area contributed by atoms with Gasteiger partial charge in [-0.1, -0.05) is 19.3 Å². The fraction of sp³-hybridized carbons (Fsp3) is 0.450. The molecule has 9 heteroatoms. The van der Waals surface area contributed by atoms with Gasteiger partial charge in [-0.05, 0) is 44.0 Å². The number of halogens is 3. The summed E-state index contributed by atoms with van der Waals surface area (Å²) in [5.41, 5.74) is -0.901. The molecule has 0 N–H and O–H groups in total. The van der Waals surface area contributed by atoms with E-state index in [4.69, 9.17) is 4.74 Å². The van der Waals surface area contributed by atoms with E-state index in [0.717, 1.165) is 56.4 Å². The van der Waals surface area contributed by atoms with Crippen LogP contribution in [-0.2, 0) is 15.7 Å². The Balaban J connectivity index is 1.71. The van der Waals surface area contributed by atoms with Gasteiger partial charge in [-0.3, -0.25) is 9.69 Å². The Labute approximate surface area is 170 Å². The molecule has 0 bridgehead atoms. The molecule has 1 amide bonds. The van der Waals surface area contributed by atoms with Crippen molar-refractivity contribution in [2.75, 3.05) is 4.90 Å². The third-order valence-electron chi connectivity index (χ3n) is 4.88. The summed E-state index contributed by atoms with van der Waals surface area (Å²) in [6.07, 6.45) is 0.890. The fourth-order valence-electron chi connectivity index (χ4n) is 3.37. The maximum absolute atomic E-state index is 13.1. The number of hydrogen-bond acceptors (Lipinski definition) is 5. The van der Waals surface area contributed by atoms with Gasteiger partial charge in [0, 0.05) is 17.6 Å². The lowest BCUT2D eigenvalue weighted by molar-refractivity contribution is -0.137. The minimum absolute atomic E-state index is 0.00498. The van der Waals surface area contributed by atoms with Gasteiger partial charge in [-0.15, -0.1) is 11.3 Å². The Morgan fingerprint density at radius 3 is 2.38 bits per heavy atom. The topological polar surface area (TPSA) is 59.5 Å². The van der Waals surface area contributed by atoms with E-state index in [2.05, 4.69) is 4.98 Å². The van der Waals surface area contributed by atoms with Crippen LogP contribution in [0.25, 0.3) is 0 Å². The molecule has 2 aromatic rings. The minimum atomic E-state index is -4.49. The van der Waals surface area contributed by atoms with E-state index in [1.165, 1.54) is 18.3 Å². The van der Waals surface area contributed by atoms with Gasteiger partial charge in [0.05, 0.1) is 11.1 Å². The molecule has 156 valence electrons. The summed E-state index contributed by atoms with van der Waals surface area (Å²) in [7, 11) is 0. The molecule has 1 aliphatic rings. The Hall–Kier alpha value is -2.42. The molecular formula is C20H21F3N2O3S. The zero-order chi connectivity index (χ0) is 21.0. The van der Waals surface area contributed by atoms with Gasteiger partial charge in [0.1, 0.15) is 0 Å². The number of esters is 1. The molecule has 1 aromatic heterocycles. The van der Waals surface area contributed by atoms with Crippen molar-refractivity contribution in [3.05, 3.63) is 47.0 Å². The highest BCUT2D eigenvalue weighted by atomic mass is 32.1. The number of carbonyl (C=O) groups is 2. The first kappa shape index (κ1) is 21.3. The average Bonchev–Trinajstić information content (AvgIpc) is 3.22. The maximum Gasteiger partial charge on any atom is 0.416 e. The van der Waals surface area contributed by atoms with E-state index in [1.807, 2.05) is 0 Å². The van der Waals surface area contributed by atoms with E-state index < -0.39 is 23.8 Å². The number of alkyl halides is 3. The summed E-state index contributed by atoms with van der Waals surface area (Å²) in [5.74, 6) is -1.23. The average molecular weight is 426 g/mol. The third-order valence-corrected chi connectivity index (χ3v) is 5.65. The molecule has 0 saturated heterocycles. The summed E-state index contributed by atoms with van der Waals surface area (Å²) < 4.78 is 43.3. The van der Waals surface area contributed by atoms with Crippen LogP contribution in [0.5, 0.6) is 0 Å². The van der Waals surface area contributed by atoms with Crippen molar-refractivity contribution in [1.29, 1.82) is 0 Å². The van der Waals surface area contributed by atoms with Crippen molar-refractivity contribution < 1.29 is 27.5 Å².